The zero-order valence-electron chi connectivity index (χ0n) is 17.0. The van der Waals surface area contributed by atoms with E-state index < -0.39 is 17.6 Å². The van der Waals surface area contributed by atoms with E-state index in [4.69, 9.17) is 11.6 Å². The second-order valence-corrected chi connectivity index (χ2v) is 6.65. The maximum Gasteiger partial charge on any atom is 0.419 e. The molecule has 13 heteroatoms. The number of carbonyl (C=O) groups is 1. The summed E-state index contributed by atoms with van der Waals surface area (Å²) in [7, 11) is 0. The third kappa shape index (κ3) is 6.20. The molecule has 1 amide bonds. The second kappa shape index (κ2) is 11.0. The molecule has 3 rings (SSSR count). The van der Waals surface area contributed by atoms with Gasteiger partial charge < -0.3 is 10.0 Å². The van der Waals surface area contributed by atoms with Gasteiger partial charge in [0.15, 0.2) is 5.82 Å². The lowest BCUT2D eigenvalue weighted by atomic mass is 10.1. The molecular formula is C19H19ClF4N6O2. The van der Waals surface area contributed by atoms with Gasteiger partial charge in [-0.2, -0.15) is 23.4 Å². The number of alkyl halides is 3. The molecule has 2 aromatic heterocycles. The standard InChI is InChI=1S/C14H17FN4O2.C5H2ClF3N2/c1-3-18(10(2)9-20)14(21)11-5-4-6-12(15)13(11)19-16-7-8-17-19;6-4-10-1-3(2-11-4)5(7,8)9/h4-8,10,20H,3,9H2,1-2H3;1-2H. The van der Waals surface area contributed by atoms with Gasteiger partial charge >= 0.3 is 6.18 Å². The van der Waals surface area contributed by atoms with Crippen LogP contribution in [0, 0.1) is 5.82 Å². The summed E-state index contributed by atoms with van der Waals surface area (Å²) in [6.45, 7) is 3.77. The van der Waals surface area contributed by atoms with Crippen molar-refractivity contribution in [1.29, 1.82) is 0 Å². The lowest BCUT2D eigenvalue weighted by Crippen LogP contribution is -2.41. The predicted octanol–water partition coefficient (Wildman–Crippen LogP) is 3.40. The lowest BCUT2D eigenvalue weighted by Gasteiger charge is -2.27. The van der Waals surface area contributed by atoms with Crippen molar-refractivity contribution in [1.82, 2.24) is 29.9 Å². The van der Waals surface area contributed by atoms with Gasteiger partial charge in [0.2, 0.25) is 5.28 Å². The van der Waals surface area contributed by atoms with Crippen LogP contribution in [0.5, 0.6) is 0 Å². The molecule has 1 N–H and O–H groups in total. The molecule has 0 saturated heterocycles. The van der Waals surface area contributed by atoms with Crippen LogP contribution in [0.2, 0.25) is 5.28 Å². The van der Waals surface area contributed by atoms with Crippen molar-refractivity contribution in [3.8, 4) is 5.69 Å². The molecule has 2 heterocycles. The van der Waals surface area contributed by atoms with Crippen LogP contribution in [0.15, 0.2) is 43.0 Å². The van der Waals surface area contributed by atoms with E-state index >= 15 is 0 Å². The molecule has 32 heavy (non-hydrogen) atoms. The molecule has 0 saturated carbocycles. The Hall–Kier alpha value is -3.12. The molecule has 0 fully saturated rings. The molecule has 0 bridgehead atoms. The molecule has 0 aliphatic rings. The number of likely N-dealkylation sites (N-methyl/N-ethyl adjacent to an activating group) is 1. The van der Waals surface area contributed by atoms with Gasteiger partial charge in [0.25, 0.3) is 5.91 Å². The first-order valence-electron chi connectivity index (χ1n) is 9.21. The van der Waals surface area contributed by atoms with Crippen LogP contribution < -0.4 is 0 Å². The maximum absolute atomic E-state index is 14.1. The summed E-state index contributed by atoms with van der Waals surface area (Å²) in [5.74, 6) is -0.949. The number of aliphatic hydroxyl groups is 1. The van der Waals surface area contributed by atoms with E-state index in [2.05, 4.69) is 20.2 Å². The third-order valence-corrected chi connectivity index (χ3v) is 4.38. The van der Waals surface area contributed by atoms with Gasteiger partial charge in [0.05, 0.1) is 36.2 Å². The lowest BCUT2D eigenvalue weighted by molar-refractivity contribution is -0.138. The Kier molecular flexibility index (Phi) is 8.61. The Morgan fingerprint density at radius 1 is 1.22 bits per heavy atom. The highest BCUT2D eigenvalue weighted by atomic mass is 35.5. The summed E-state index contributed by atoms with van der Waals surface area (Å²) in [4.78, 5) is 21.5. The number of rotatable bonds is 5. The van der Waals surface area contributed by atoms with Crippen LogP contribution in [0.25, 0.3) is 5.69 Å². The normalized spacial score (nSPS) is 12.0. The summed E-state index contributed by atoms with van der Waals surface area (Å²) in [5.41, 5.74) is -0.730. The van der Waals surface area contributed by atoms with Crippen LogP contribution in [0.1, 0.15) is 29.8 Å². The molecule has 1 aromatic carbocycles. The minimum atomic E-state index is -4.40. The fraction of sp³-hybridized carbons (Fsp3) is 0.316. The minimum absolute atomic E-state index is 0.0103. The Morgan fingerprint density at radius 3 is 2.31 bits per heavy atom. The number of benzene rings is 1. The van der Waals surface area contributed by atoms with E-state index in [0.717, 1.165) is 4.80 Å². The van der Waals surface area contributed by atoms with E-state index in [1.54, 1.807) is 13.8 Å². The summed E-state index contributed by atoms with van der Waals surface area (Å²) in [6.07, 6.45) is -0.307. The quantitative estimate of drug-likeness (QED) is 0.449. The Bertz CT molecular complexity index is 1020. The van der Waals surface area contributed by atoms with Crippen LogP contribution in [-0.4, -0.2) is 60.1 Å². The van der Waals surface area contributed by atoms with Gasteiger partial charge in [0.1, 0.15) is 5.69 Å². The molecule has 172 valence electrons. The van der Waals surface area contributed by atoms with E-state index in [-0.39, 0.29) is 35.1 Å². The van der Waals surface area contributed by atoms with E-state index in [9.17, 15) is 27.5 Å². The van der Waals surface area contributed by atoms with E-state index in [1.165, 1.54) is 35.5 Å². The number of hydrogen-bond donors (Lipinski definition) is 1. The van der Waals surface area contributed by atoms with Crippen molar-refractivity contribution in [2.75, 3.05) is 13.2 Å². The summed E-state index contributed by atoms with van der Waals surface area (Å²) < 4.78 is 49.5. The van der Waals surface area contributed by atoms with E-state index in [1.807, 2.05) is 0 Å². The first-order chi connectivity index (χ1) is 15.1. The molecule has 0 radical (unpaired) electrons. The van der Waals surface area contributed by atoms with Crippen molar-refractivity contribution >= 4 is 17.5 Å². The topological polar surface area (TPSA) is 97.0 Å². The molecule has 1 unspecified atom stereocenters. The van der Waals surface area contributed by atoms with Crippen LogP contribution in [0.4, 0.5) is 17.6 Å². The molecule has 1 atom stereocenters. The van der Waals surface area contributed by atoms with Crippen LogP contribution >= 0.6 is 11.6 Å². The van der Waals surface area contributed by atoms with Gasteiger partial charge in [-0.3, -0.25) is 4.79 Å². The van der Waals surface area contributed by atoms with Gasteiger partial charge in [-0.25, -0.2) is 14.4 Å². The highest BCUT2D eigenvalue weighted by Crippen LogP contribution is 2.27. The van der Waals surface area contributed by atoms with Gasteiger partial charge in [-0.05, 0) is 37.6 Å². The van der Waals surface area contributed by atoms with Gasteiger partial charge in [0, 0.05) is 18.9 Å². The van der Waals surface area contributed by atoms with Crippen molar-refractivity contribution < 1.29 is 27.5 Å². The fourth-order valence-electron chi connectivity index (χ4n) is 2.59. The van der Waals surface area contributed by atoms with Crippen molar-refractivity contribution in [2.45, 2.75) is 26.1 Å². The zero-order chi connectivity index (χ0) is 23.9. The molecule has 0 spiro atoms. The first-order valence-corrected chi connectivity index (χ1v) is 9.59. The molecular weight excluding hydrogens is 456 g/mol. The molecule has 0 aliphatic carbocycles. The predicted molar refractivity (Wildman–Crippen MR) is 107 cm³/mol. The Labute approximate surface area is 185 Å². The number of aromatic nitrogens is 5. The van der Waals surface area contributed by atoms with Crippen molar-refractivity contribution in [2.24, 2.45) is 0 Å². The Balaban J connectivity index is 0.000000278. The number of aliphatic hydroxyl groups excluding tert-OH is 1. The average molecular weight is 475 g/mol. The number of amides is 1. The summed E-state index contributed by atoms with van der Waals surface area (Å²) >= 11 is 5.17. The summed E-state index contributed by atoms with van der Waals surface area (Å²) in [6, 6.07) is 3.88. The maximum atomic E-state index is 14.1. The van der Waals surface area contributed by atoms with Crippen molar-refractivity contribution in [3.63, 3.8) is 0 Å². The Morgan fingerprint density at radius 2 is 1.81 bits per heavy atom. The highest BCUT2D eigenvalue weighted by molar-refractivity contribution is 6.28. The number of para-hydroxylation sites is 1. The zero-order valence-corrected chi connectivity index (χ0v) is 17.7. The largest absolute Gasteiger partial charge is 0.419 e. The first kappa shape index (κ1) is 25.1. The second-order valence-electron chi connectivity index (χ2n) is 6.32. The fourth-order valence-corrected chi connectivity index (χ4v) is 2.69. The van der Waals surface area contributed by atoms with Gasteiger partial charge in [-0.1, -0.05) is 6.07 Å². The van der Waals surface area contributed by atoms with E-state index in [0.29, 0.717) is 18.9 Å². The monoisotopic (exact) mass is 474 g/mol. The average Bonchev–Trinajstić information content (AvgIpc) is 3.28. The summed E-state index contributed by atoms with van der Waals surface area (Å²) in [5, 5.41) is 16.8. The molecule has 8 nitrogen and oxygen atoms in total. The number of nitrogens with zero attached hydrogens (tertiary/aromatic N) is 6. The van der Waals surface area contributed by atoms with Crippen LogP contribution in [-0.2, 0) is 6.18 Å². The molecule has 3 aromatic rings. The SMILES string of the molecule is CCN(C(=O)c1cccc(F)c1-n1nccn1)C(C)CO.FC(F)(F)c1cnc(Cl)nc1. The van der Waals surface area contributed by atoms with Crippen molar-refractivity contribution in [3.05, 3.63) is 65.2 Å². The third-order valence-electron chi connectivity index (χ3n) is 4.18. The number of hydrogen-bond acceptors (Lipinski definition) is 6. The smallest absolute Gasteiger partial charge is 0.394 e. The minimum Gasteiger partial charge on any atom is -0.394 e. The highest BCUT2D eigenvalue weighted by Gasteiger charge is 2.31. The number of halogens is 5. The number of carbonyl (C=O) groups excluding carboxylic acids is 1. The molecule has 0 aliphatic heterocycles. The van der Waals surface area contributed by atoms with Crippen LogP contribution in [0.3, 0.4) is 0 Å². The van der Waals surface area contributed by atoms with Gasteiger partial charge in [-0.15, -0.1) is 4.80 Å².